The maximum atomic E-state index is 13.7. The van der Waals surface area contributed by atoms with Crippen LogP contribution in [0.15, 0.2) is 84.9 Å². The smallest absolute Gasteiger partial charge is 0.261 e. The van der Waals surface area contributed by atoms with Crippen LogP contribution in [0.25, 0.3) is 0 Å². The van der Waals surface area contributed by atoms with E-state index in [2.05, 4.69) is 5.32 Å². The van der Waals surface area contributed by atoms with Gasteiger partial charge in [0.1, 0.15) is 6.04 Å². The van der Waals surface area contributed by atoms with E-state index in [1.807, 2.05) is 72.8 Å². The highest BCUT2D eigenvalue weighted by atomic mass is 16.5. The molecule has 1 atom stereocenters. The van der Waals surface area contributed by atoms with Gasteiger partial charge in [0.25, 0.3) is 5.91 Å². The van der Waals surface area contributed by atoms with Crippen molar-refractivity contribution in [2.75, 3.05) is 13.7 Å². The Balaban J connectivity index is 1.60. The highest BCUT2D eigenvalue weighted by Gasteiger charge is 2.32. The Morgan fingerprint density at radius 3 is 2.08 bits per heavy atom. The molecule has 1 fully saturated rings. The highest BCUT2D eigenvalue weighted by molar-refractivity contribution is 5.88. The van der Waals surface area contributed by atoms with E-state index in [1.54, 1.807) is 24.1 Å². The number of nitrogens with one attached hydrogen (secondary N) is 1. The van der Waals surface area contributed by atoms with Gasteiger partial charge in [0, 0.05) is 19.0 Å². The summed E-state index contributed by atoms with van der Waals surface area (Å²) in [4.78, 5) is 29.0. The molecule has 0 aromatic heterocycles. The summed E-state index contributed by atoms with van der Waals surface area (Å²) in [6, 6.07) is 26.3. The van der Waals surface area contributed by atoms with Gasteiger partial charge in [-0.15, -0.1) is 0 Å². The maximum Gasteiger partial charge on any atom is 0.261 e. The van der Waals surface area contributed by atoms with E-state index in [1.165, 1.54) is 0 Å². The summed E-state index contributed by atoms with van der Waals surface area (Å²) in [5.41, 5.74) is 1.95. The second kappa shape index (κ2) is 12.8. The van der Waals surface area contributed by atoms with Crippen LogP contribution < -0.4 is 14.8 Å². The lowest BCUT2D eigenvalue weighted by molar-refractivity contribution is -0.143. The fourth-order valence-corrected chi connectivity index (χ4v) is 4.66. The molecule has 0 saturated heterocycles. The van der Waals surface area contributed by atoms with E-state index >= 15 is 0 Å². The first-order chi connectivity index (χ1) is 17.6. The minimum absolute atomic E-state index is 0.118. The van der Waals surface area contributed by atoms with Crippen molar-refractivity contribution in [3.05, 3.63) is 96.1 Å². The molecular weight excluding hydrogens is 452 g/mol. The Kier molecular flexibility index (Phi) is 8.98. The van der Waals surface area contributed by atoms with E-state index in [0.29, 0.717) is 24.5 Å². The van der Waals surface area contributed by atoms with Gasteiger partial charge >= 0.3 is 0 Å². The van der Waals surface area contributed by atoms with Gasteiger partial charge in [0.15, 0.2) is 18.1 Å². The number of methoxy groups -OCH3 is 1. The first-order valence-electron chi connectivity index (χ1n) is 12.6. The summed E-state index contributed by atoms with van der Waals surface area (Å²) in [5, 5.41) is 3.22. The third-order valence-electron chi connectivity index (χ3n) is 6.59. The van der Waals surface area contributed by atoms with Crippen molar-refractivity contribution in [1.29, 1.82) is 0 Å². The largest absolute Gasteiger partial charge is 0.493 e. The third-order valence-corrected chi connectivity index (χ3v) is 6.59. The molecule has 6 nitrogen and oxygen atoms in total. The van der Waals surface area contributed by atoms with E-state index in [-0.39, 0.29) is 24.5 Å². The Morgan fingerprint density at radius 2 is 1.44 bits per heavy atom. The van der Waals surface area contributed by atoms with Crippen molar-refractivity contribution >= 4 is 11.8 Å². The van der Waals surface area contributed by atoms with Crippen LogP contribution >= 0.6 is 0 Å². The summed E-state index contributed by atoms with van der Waals surface area (Å²) in [6.45, 7) is 0.111. The van der Waals surface area contributed by atoms with Crippen LogP contribution in [-0.4, -0.2) is 42.5 Å². The average Bonchev–Trinajstić information content (AvgIpc) is 3.43. The molecule has 3 aromatic carbocycles. The molecule has 3 aromatic rings. The molecular formula is C30H34N2O4. The molecule has 0 spiro atoms. The van der Waals surface area contributed by atoms with Gasteiger partial charge in [-0.25, -0.2) is 0 Å². The minimum Gasteiger partial charge on any atom is -0.493 e. The highest BCUT2D eigenvalue weighted by Crippen LogP contribution is 2.26. The van der Waals surface area contributed by atoms with Gasteiger partial charge in [-0.1, -0.05) is 85.6 Å². The lowest BCUT2D eigenvalue weighted by atomic mass is 10.0. The summed E-state index contributed by atoms with van der Waals surface area (Å²) < 4.78 is 11.2. The average molecular weight is 487 g/mol. The van der Waals surface area contributed by atoms with Crippen molar-refractivity contribution < 1.29 is 19.1 Å². The first kappa shape index (κ1) is 25.3. The Morgan fingerprint density at radius 1 is 0.861 bits per heavy atom. The van der Waals surface area contributed by atoms with Gasteiger partial charge in [-0.3, -0.25) is 9.59 Å². The zero-order valence-corrected chi connectivity index (χ0v) is 20.8. The number of hydrogen-bond donors (Lipinski definition) is 1. The van der Waals surface area contributed by atoms with Crippen LogP contribution in [0.1, 0.15) is 36.8 Å². The van der Waals surface area contributed by atoms with Crippen molar-refractivity contribution in [2.45, 2.75) is 50.7 Å². The second-order valence-electron chi connectivity index (χ2n) is 9.14. The molecule has 0 aliphatic heterocycles. The predicted molar refractivity (Wildman–Crippen MR) is 140 cm³/mol. The number of carbonyl (C=O) groups excluding carboxylic acids is 2. The monoisotopic (exact) mass is 486 g/mol. The number of nitrogens with zero attached hydrogens (tertiary/aromatic N) is 1. The standard InChI is InChI=1S/C30H34N2O4/c1-35-27-18-10-11-19-28(27)36-22-29(33)32(21-24-14-6-3-7-15-24)26(20-23-12-4-2-5-13-23)30(34)31-25-16-8-9-17-25/h2-7,10-15,18-19,25-26H,8-9,16-17,20-22H2,1H3,(H,31,34). The van der Waals surface area contributed by atoms with Gasteiger partial charge in [0.05, 0.1) is 7.11 Å². The molecule has 188 valence electrons. The molecule has 2 amide bonds. The lowest BCUT2D eigenvalue weighted by Gasteiger charge is -2.32. The quantitative estimate of drug-likeness (QED) is 0.424. The Bertz CT molecular complexity index is 1110. The number of hydrogen-bond acceptors (Lipinski definition) is 4. The number of benzene rings is 3. The molecule has 0 heterocycles. The lowest BCUT2D eigenvalue weighted by Crippen LogP contribution is -2.53. The number of rotatable bonds is 11. The van der Waals surface area contributed by atoms with E-state index in [0.717, 1.165) is 36.8 Å². The van der Waals surface area contributed by atoms with Crippen molar-refractivity contribution in [1.82, 2.24) is 10.2 Å². The maximum absolute atomic E-state index is 13.7. The van der Waals surface area contributed by atoms with Gasteiger partial charge in [-0.05, 0) is 36.1 Å². The van der Waals surface area contributed by atoms with E-state index in [9.17, 15) is 9.59 Å². The molecule has 0 radical (unpaired) electrons. The summed E-state index contributed by atoms with van der Waals surface area (Å²) >= 11 is 0. The normalized spacial score (nSPS) is 14.1. The number of amides is 2. The van der Waals surface area contributed by atoms with Gasteiger partial charge < -0.3 is 19.7 Å². The van der Waals surface area contributed by atoms with Crippen LogP contribution in [0.5, 0.6) is 11.5 Å². The number of carbonyl (C=O) groups is 2. The molecule has 1 aliphatic carbocycles. The Labute approximate surface area is 213 Å². The Hall–Kier alpha value is -3.80. The number of ether oxygens (including phenoxy) is 2. The van der Waals surface area contributed by atoms with Crippen LogP contribution in [0, 0.1) is 0 Å². The van der Waals surface area contributed by atoms with Gasteiger partial charge in [0.2, 0.25) is 5.91 Å². The van der Waals surface area contributed by atoms with Gasteiger partial charge in [-0.2, -0.15) is 0 Å². The van der Waals surface area contributed by atoms with Crippen molar-refractivity contribution in [2.24, 2.45) is 0 Å². The van der Waals surface area contributed by atoms with Crippen LogP contribution in [0.4, 0.5) is 0 Å². The predicted octanol–water partition coefficient (Wildman–Crippen LogP) is 4.77. The molecule has 1 N–H and O–H groups in total. The van der Waals surface area contributed by atoms with Crippen LogP contribution in [0.3, 0.4) is 0 Å². The topological polar surface area (TPSA) is 67.9 Å². The first-order valence-corrected chi connectivity index (χ1v) is 12.6. The van der Waals surface area contributed by atoms with E-state index < -0.39 is 6.04 Å². The molecule has 6 heteroatoms. The fourth-order valence-electron chi connectivity index (χ4n) is 4.66. The molecule has 36 heavy (non-hydrogen) atoms. The fraction of sp³-hybridized carbons (Fsp3) is 0.333. The minimum atomic E-state index is -0.665. The second-order valence-corrected chi connectivity index (χ2v) is 9.14. The third kappa shape index (κ3) is 6.87. The summed E-state index contributed by atoms with van der Waals surface area (Å²) in [7, 11) is 1.56. The van der Waals surface area contributed by atoms with Crippen molar-refractivity contribution in [3.63, 3.8) is 0 Å². The summed E-state index contributed by atoms with van der Waals surface area (Å²) in [6.07, 6.45) is 4.62. The molecule has 0 bridgehead atoms. The molecule has 1 unspecified atom stereocenters. The SMILES string of the molecule is COc1ccccc1OCC(=O)N(Cc1ccccc1)C(Cc1ccccc1)C(=O)NC1CCCC1. The molecule has 4 rings (SSSR count). The zero-order chi connectivity index (χ0) is 25.2. The van der Waals surface area contributed by atoms with E-state index in [4.69, 9.17) is 9.47 Å². The summed E-state index contributed by atoms with van der Waals surface area (Å²) in [5.74, 6) is 0.669. The number of para-hydroxylation sites is 2. The van der Waals surface area contributed by atoms with Crippen LogP contribution in [-0.2, 0) is 22.6 Å². The van der Waals surface area contributed by atoms with Crippen molar-refractivity contribution in [3.8, 4) is 11.5 Å². The molecule has 1 saturated carbocycles. The molecule has 1 aliphatic rings. The zero-order valence-electron chi connectivity index (χ0n) is 20.8. The van der Waals surface area contributed by atoms with Crippen LogP contribution in [0.2, 0.25) is 0 Å².